The van der Waals surface area contributed by atoms with Gasteiger partial charge in [0.1, 0.15) is 0 Å². The van der Waals surface area contributed by atoms with Gasteiger partial charge in [-0.1, -0.05) is 48.6 Å². The maximum atomic E-state index is 9.91. The van der Waals surface area contributed by atoms with Gasteiger partial charge in [-0.15, -0.1) is 0 Å². The lowest BCUT2D eigenvalue weighted by Gasteiger charge is -2.40. The minimum absolute atomic E-state index is 0.145. The second-order valence-corrected chi connectivity index (χ2v) is 4.81. The molecule has 0 amide bonds. The summed E-state index contributed by atoms with van der Waals surface area (Å²) < 4.78 is 0. The fraction of sp³-hybridized carbons (Fsp3) is 0.467. The SMILES string of the molecule is OCCCC(CO)(C1C=CC=C1)C1C=CC=C1. The monoisotopic (exact) mass is 232 g/mol. The topological polar surface area (TPSA) is 40.5 Å². The maximum absolute atomic E-state index is 9.91. The zero-order chi connectivity index (χ0) is 12.1. The second-order valence-electron chi connectivity index (χ2n) is 4.81. The summed E-state index contributed by atoms with van der Waals surface area (Å²) in [5.41, 5.74) is -0.199. The third kappa shape index (κ3) is 2.28. The molecule has 2 N–H and O–H groups in total. The lowest BCUT2D eigenvalue weighted by Crippen LogP contribution is -2.38. The van der Waals surface area contributed by atoms with Crippen LogP contribution in [0.4, 0.5) is 0 Å². The first kappa shape index (κ1) is 12.3. The summed E-state index contributed by atoms with van der Waals surface area (Å²) in [7, 11) is 0. The molecule has 0 bridgehead atoms. The molecule has 2 aliphatic rings. The molecule has 2 heteroatoms. The van der Waals surface area contributed by atoms with E-state index in [4.69, 9.17) is 5.11 Å². The van der Waals surface area contributed by atoms with Crippen molar-refractivity contribution in [2.75, 3.05) is 13.2 Å². The summed E-state index contributed by atoms with van der Waals surface area (Å²) in [6.45, 7) is 0.327. The van der Waals surface area contributed by atoms with Crippen molar-refractivity contribution >= 4 is 0 Å². The largest absolute Gasteiger partial charge is 0.396 e. The summed E-state index contributed by atoms with van der Waals surface area (Å²) >= 11 is 0. The molecule has 0 aromatic heterocycles. The maximum Gasteiger partial charge on any atom is 0.0504 e. The van der Waals surface area contributed by atoms with Crippen LogP contribution >= 0.6 is 0 Å². The Morgan fingerprint density at radius 1 is 0.824 bits per heavy atom. The van der Waals surface area contributed by atoms with E-state index in [-0.39, 0.29) is 30.5 Å². The summed E-state index contributed by atoms with van der Waals surface area (Å²) in [4.78, 5) is 0. The van der Waals surface area contributed by atoms with Crippen LogP contribution < -0.4 is 0 Å². The van der Waals surface area contributed by atoms with Crippen LogP contribution in [0.25, 0.3) is 0 Å². The summed E-state index contributed by atoms with van der Waals surface area (Å²) in [6.07, 6.45) is 18.3. The molecular formula is C15H20O2. The first-order chi connectivity index (χ1) is 8.33. The van der Waals surface area contributed by atoms with E-state index in [1.165, 1.54) is 0 Å². The van der Waals surface area contributed by atoms with Crippen LogP contribution in [-0.4, -0.2) is 23.4 Å². The Labute approximate surface area is 103 Å². The molecule has 92 valence electrons. The third-order valence-corrected chi connectivity index (χ3v) is 3.92. The van der Waals surface area contributed by atoms with Gasteiger partial charge in [0.25, 0.3) is 0 Å². The van der Waals surface area contributed by atoms with Gasteiger partial charge in [-0.25, -0.2) is 0 Å². The Morgan fingerprint density at radius 2 is 1.29 bits per heavy atom. The van der Waals surface area contributed by atoms with E-state index < -0.39 is 0 Å². The first-order valence-corrected chi connectivity index (χ1v) is 6.25. The Bertz CT molecular complexity index is 311. The predicted octanol–water partition coefficient (Wildman–Crippen LogP) is 2.22. The highest BCUT2D eigenvalue weighted by Crippen LogP contribution is 2.45. The van der Waals surface area contributed by atoms with Crippen molar-refractivity contribution in [3.63, 3.8) is 0 Å². The molecule has 17 heavy (non-hydrogen) atoms. The van der Waals surface area contributed by atoms with Crippen molar-refractivity contribution in [3.05, 3.63) is 48.6 Å². The van der Waals surface area contributed by atoms with Gasteiger partial charge in [-0.05, 0) is 12.8 Å². The zero-order valence-electron chi connectivity index (χ0n) is 10.00. The van der Waals surface area contributed by atoms with E-state index >= 15 is 0 Å². The van der Waals surface area contributed by atoms with Crippen molar-refractivity contribution in [2.45, 2.75) is 12.8 Å². The average molecular weight is 232 g/mol. The standard InChI is InChI=1S/C15H20O2/c16-11-5-10-15(12-17,13-6-1-2-7-13)14-8-3-4-9-14/h1-4,6-9,13-14,16-17H,5,10-12H2. The molecule has 2 rings (SSSR count). The summed E-state index contributed by atoms with van der Waals surface area (Å²) in [5, 5.41) is 19.0. The fourth-order valence-corrected chi connectivity index (χ4v) is 2.88. The van der Waals surface area contributed by atoms with E-state index in [1.807, 2.05) is 24.3 Å². The van der Waals surface area contributed by atoms with Gasteiger partial charge in [0, 0.05) is 23.9 Å². The van der Waals surface area contributed by atoms with Crippen LogP contribution in [0.5, 0.6) is 0 Å². The summed E-state index contributed by atoms with van der Waals surface area (Å²) in [5.74, 6) is 0.521. The lowest BCUT2D eigenvalue weighted by atomic mass is 9.65. The second kappa shape index (κ2) is 5.48. The van der Waals surface area contributed by atoms with Crippen molar-refractivity contribution < 1.29 is 10.2 Å². The molecular weight excluding hydrogens is 212 g/mol. The number of hydrogen-bond donors (Lipinski definition) is 2. The van der Waals surface area contributed by atoms with E-state index in [2.05, 4.69) is 24.3 Å². The van der Waals surface area contributed by atoms with E-state index in [1.54, 1.807) is 0 Å². The smallest absolute Gasteiger partial charge is 0.0504 e. The van der Waals surface area contributed by atoms with Crippen LogP contribution in [0.3, 0.4) is 0 Å². The molecule has 2 aliphatic carbocycles. The van der Waals surface area contributed by atoms with Crippen LogP contribution in [0, 0.1) is 17.3 Å². The summed E-state index contributed by atoms with van der Waals surface area (Å²) in [6, 6.07) is 0. The highest BCUT2D eigenvalue weighted by molar-refractivity contribution is 5.28. The Balaban J connectivity index is 2.24. The minimum atomic E-state index is -0.199. The van der Waals surface area contributed by atoms with Gasteiger partial charge < -0.3 is 10.2 Å². The van der Waals surface area contributed by atoms with Gasteiger partial charge >= 0.3 is 0 Å². The van der Waals surface area contributed by atoms with Crippen molar-refractivity contribution in [1.82, 2.24) is 0 Å². The van der Waals surface area contributed by atoms with Gasteiger partial charge in [0.15, 0.2) is 0 Å². The molecule has 0 aromatic carbocycles. The van der Waals surface area contributed by atoms with Gasteiger partial charge in [0.05, 0.1) is 6.61 Å². The minimum Gasteiger partial charge on any atom is -0.396 e. The third-order valence-electron chi connectivity index (χ3n) is 3.92. The Kier molecular flexibility index (Phi) is 3.97. The molecule has 0 aliphatic heterocycles. The van der Waals surface area contributed by atoms with E-state index in [9.17, 15) is 5.11 Å². The molecule has 0 saturated heterocycles. The van der Waals surface area contributed by atoms with Crippen molar-refractivity contribution in [3.8, 4) is 0 Å². The molecule has 0 saturated carbocycles. The van der Waals surface area contributed by atoms with Crippen LogP contribution in [-0.2, 0) is 0 Å². The van der Waals surface area contributed by atoms with E-state index in [0.29, 0.717) is 0 Å². The van der Waals surface area contributed by atoms with Gasteiger partial charge in [0.2, 0.25) is 0 Å². The fourth-order valence-electron chi connectivity index (χ4n) is 2.88. The molecule has 0 heterocycles. The number of hydrogen-bond acceptors (Lipinski definition) is 2. The molecule has 0 atom stereocenters. The average Bonchev–Trinajstić information content (AvgIpc) is 3.04. The van der Waals surface area contributed by atoms with Crippen LogP contribution in [0.15, 0.2) is 48.6 Å². The molecule has 0 spiro atoms. The quantitative estimate of drug-likeness (QED) is 0.737. The van der Waals surface area contributed by atoms with Crippen LogP contribution in [0.2, 0.25) is 0 Å². The van der Waals surface area contributed by atoms with E-state index in [0.717, 1.165) is 12.8 Å². The highest BCUT2D eigenvalue weighted by atomic mass is 16.3. The number of aliphatic hydroxyl groups is 2. The Hall–Kier alpha value is -1.12. The zero-order valence-corrected chi connectivity index (χ0v) is 10.00. The number of aliphatic hydroxyl groups excluding tert-OH is 2. The van der Waals surface area contributed by atoms with Crippen LogP contribution in [0.1, 0.15) is 12.8 Å². The Morgan fingerprint density at radius 3 is 1.65 bits per heavy atom. The lowest BCUT2D eigenvalue weighted by molar-refractivity contribution is 0.0573. The molecule has 0 aromatic rings. The van der Waals surface area contributed by atoms with Crippen molar-refractivity contribution in [2.24, 2.45) is 17.3 Å². The van der Waals surface area contributed by atoms with Gasteiger partial charge in [-0.2, -0.15) is 0 Å². The van der Waals surface area contributed by atoms with Gasteiger partial charge in [-0.3, -0.25) is 0 Å². The molecule has 0 fully saturated rings. The number of rotatable bonds is 6. The normalized spacial score (nSPS) is 19.9. The predicted molar refractivity (Wildman–Crippen MR) is 69.4 cm³/mol. The molecule has 0 unspecified atom stereocenters. The molecule has 0 radical (unpaired) electrons. The number of allylic oxidation sites excluding steroid dienone is 8. The first-order valence-electron chi connectivity index (χ1n) is 6.25. The molecule has 2 nitrogen and oxygen atoms in total. The van der Waals surface area contributed by atoms with Crippen molar-refractivity contribution in [1.29, 1.82) is 0 Å². The highest BCUT2D eigenvalue weighted by Gasteiger charge is 2.41.